The van der Waals surface area contributed by atoms with E-state index in [-0.39, 0.29) is 36.4 Å². The number of hydrogen-bond donors (Lipinski definition) is 2. The minimum absolute atomic E-state index is 0.109. The van der Waals surface area contributed by atoms with Gasteiger partial charge in [-0.1, -0.05) is 0 Å². The fourth-order valence-electron chi connectivity index (χ4n) is 2.57. The van der Waals surface area contributed by atoms with Gasteiger partial charge in [0.1, 0.15) is 0 Å². The third-order valence-corrected chi connectivity index (χ3v) is 3.30. The molecule has 0 spiro atoms. The molecule has 2 rings (SSSR count). The van der Waals surface area contributed by atoms with Crippen LogP contribution in [0.4, 0.5) is 5.69 Å². The molecular formula is C13H19N3O5. The molecule has 8 nitrogen and oxygen atoms in total. The second-order valence-corrected chi connectivity index (χ2v) is 5.80. The molecule has 1 aromatic heterocycles. The van der Waals surface area contributed by atoms with E-state index >= 15 is 0 Å². The average Bonchev–Trinajstić information content (AvgIpc) is 2.86. The van der Waals surface area contributed by atoms with Gasteiger partial charge in [-0.3, -0.25) is 19.8 Å². The number of nitrogens with zero attached hydrogens (tertiary/aromatic N) is 2. The zero-order valence-electron chi connectivity index (χ0n) is 12.0. The van der Waals surface area contributed by atoms with Crippen LogP contribution < -0.4 is 0 Å². The van der Waals surface area contributed by atoms with E-state index in [1.807, 2.05) is 18.7 Å². The van der Waals surface area contributed by atoms with Crippen molar-refractivity contribution >= 4 is 11.5 Å². The van der Waals surface area contributed by atoms with E-state index in [1.165, 1.54) is 12.3 Å². The van der Waals surface area contributed by atoms with Gasteiger partial charge in [0.2, 0.25) is 0 Å². The molecule has 1 fully saturated rings. The van der Waals surface area contributed by atoms with Crippen molar-refractivity contribution in [1.82, 2.24) is 9.88 Å². The van der Waals surface area contributed by atoms with E-state index in [0.29, 0.717) is 13.1 Å². The van der Waals surface area contributed by atoms with Gasteiger partial charge in [0.25, 0.3) is 5.69 Å². The molecule has 1 unspecified atom stereocenters. The molecule has 2 heterocycles. The zero-order valence-corrected chi connectivity index (χ0v) is 12.0. The highest BCUT2D eigenvalue weighted by molar-refractivity contribution is 5.96. The van der Waals surface area contributed by atoms with Crippen molar-refractivity contribution < 1.29 is 19.6 Å². The largest absolute Gasteiger partial charge is 0.394 e. The molecule has 8 heteroatoms. The predicted octanol–water partition coefficient (Wildman–Crippen LogP) is 0.577. The monoisotopic (exact) mass is 297 g/mol. The van der Waals surface area contributed by atoms with Crippen LogP contribution in [0.3, 0.4) is 0 Å². The maximum Gasteiger partial charge on any atom is 0.287 e. The highest BCUT2D eigenvalue weighted by Gasteiger charge is 2.34. The summed E-state index contributed by atoms with van der Waals surface area (Å²) in [6, 6.07) is 1.23. The molecule has 2 N–H and O–H groups in total. The summed E-state index contributed by atoms with van der Waals surface area (Å²) in [7, 11) is 0. The normalized spacial score (nSPS) is 22.1. The van der Waals surface area contributed by atoms with Crippen LogP contribution >= 0.6 is 0 Å². The van der Waals surface area contributed by atoms with Crippen molar-refractivity contribution in [2.24, 2.45) is 0 Å². The van der Waals surface area contributed by atoms with Gasteiger partial charge in [-0.2, -0.15) is 0 Å². The highest BCUT2D eigenvalue weighted by atomic mass is 16.6. The quantitative estimate of drug-likeness (QED) is 0.467. The van der Waals surface area contributed by atoms with Crippen molar-refractivity contribution in [3.8, 4) is 0 Å². The lowest BCUT2D eigenvalue weighted by molar-refractivity contribution is -0.384. The smallest absolute Gasteiger partial charge is 0.287 e. The molecule has 1 aliphatic rings. The molecule has 0 aromatic carbocycles. The summed E-state index contributed by atoms with van der Waals surface area (Å²) in [4.78, 5) is 26.7. The van der Waals surface area contributed by atoms with Crippen LogP contribution in [0.1, 0.15) is 24.3 Å². The van der Waals surface area contributed by atoms with Gasteiger partial charge < -0.3 is 14.8 Å². The Balaban J connectivity index is 2.02. The first-order valence-corrected chi connectivity index (χ1v) is 6.68. The van der Waals surface area contributed by atoms with Crippen LogP contribution in [0.2, 0.25) is 0 Å². The molecule has 1 saturated heterocycles. The Morgan fingerprint density at radius 2 is 2.38 bits per heavy atom. The van der Waals surface area contributed by atoms with Crippen molar-refractivity contribution in [2.75, 3.05) is 26.2 Å². The van der Waals surface area contributed by atoms with Crippen LogP contribution in [0.5, 0.6) is 0 Å². The number of morpholine rings is 1. The van der Waals surface area contributed by atoms with Gasteiger partial charge in [0, 0.05) is 19.2 Å². The van der Waals surface area contributed by atoms with Gasteiger partial charge in [-0.05, 0) is 13.8 Å². The van der Waals surface area contributed by atoms with Crippen molar-refractivity contribution in [3.05, 3.63) is 28.1 Å². The predicted molar refractivity (Wildman–Crippen MR) is 74.3 cm³/mol. The summed E-state index contributed by atoms with van der Waals surface area (Å²) in [5.41, 5.74) is -0.367. The summed E-state index contributed by atoms with van der Waals surface area (Å²) in [5, 5.41) is 19.9. The highest BCUT2D eigenvalue weighted by Crippen LogP contribution is 2.21. The van der Waals surface area contributed by atoms with Crippen LogP contribution in [0, 0.1) is 10.1 Å². The Bertz CT molecular complexity index is 540. The maximum atomic E-state index is 12.2. The number of ether oxygens (including phenoxy) is 1. The standard InChI is InChI=1S/C13H19N3O5/c1-13(2)8-15(5-10(7-17)21-13)6-12(18)11-3-9(4-14-11)16(19)20/h3-4,10,14,17H,5-8H2,1-2H3. The van der Waals surface area contributed by atoms with Gasteiger partial charge in [-0.15, -0.1) is 0 Å². The Morgan fingerprint density at radius 3 is 2.95 bits per heavy atom. The van der Waals surface area contributed by atoms with Crippen LogP contribution in [-0.2, 0) is 4.74 Å². The lowest BCUT2D eigenvalue weighted by Gasteiger charge is -2.41. The van der Waals surface area contributed by atoms with Crippen LogP contribution in [0.15, 0.2) is 12.3 Å². The zero-order chi connectivity index (χ0) is 15.6. The second kappa shape index (κ2) is 5.92. The number of H-pyrrole nitrogens is 1. The minimum Gasteiger partial charge on any atom is -0.394 e. The van der Waals surface area contributed by atoms with E-state index in [4.69, 9.17) is 4.74 Å². The number of ketones is 1. The number of carbonyl (C=O) groups excluding carboxylic acids is 1. The molecule has 1 atom stereocenters. The Hall–Kier alpha value is -1.77. The number of aliphatic hydroxyl groups excluding tert-OH is 1. The van der Waals surface area contributed by atoms with Gasteiger partial charge in [-0.25, -0.2) is 0 Å². The number of nitro groups is 1. The first kappa shape index (κ1) is 15.6. The van der Waals surface area contributed by atoms with E-state index in [0.717, 1.165) is 0 Å². The Morgan fingerprint density at radius 1 is 1.67 bits per heavy atom. The number of hydrogen-bond acceptors (Lipinski definition) is 6. The Labute approximate surface area is 121 Å². The number of aromatic amines is 1. The third-order valence-electron chi connectivity index (χ3n) is 3.30. The van der Waals surface area contributed by atoms with Crippen molar-refractivity contribution in [1.29, 1.82) is 0 Å². The molecule has 1 aliphatic heterocycles. The van der Waals surface area contributed by atoms with Crippen LogP contribution in [-0.4, -0.2) is 63.6 Å². The lowest BCUT2D eigenvalue weighted by Crippen LogP contribution is -2.54. The van der Waals surface area contributed by atoms with Crippen LogP contribution in [0.25, 0.3) is 0 Å². The summed E-state index contributed by atoms with van der Waals surface area (Å²) in [6.45, 7) is 4.81. The number of rotatable bonds is 5. The molecule has 1 aromatic rings. The molecule has 21 heavy (non-hydrogen) atoms. The molecular weight excluding hydrogens is 278 g/mol. The number of Topliss-reactive ketones (excluding diaryl/α,β-unsaturated/α-hetero) is 1. The molecule has 116 valence electrons. The molecule has 0 bridgehead atoms. The maximum absolute atomic E-state index is 12.2. The number of nitrogens with one attached hydrogen (secondary N) is 1. The first-order valence-electron chi connectivity index (χ1n) is 6.68. The summed E-state index contributed by atoms with van der Waals surface area (Å²) in [5.74, 6) is -0.225. The second-order valence-electron chi connectivity index (χ2n) is 5.80. The summed E-state index contributed by atoms with van der Waals surface area (Å²) in [6.07, 6.45) is 0.868. The number of carbonyl (C=O) groups is 1. The van der Waals surface area contributed by atoms with E-state index < -0.39 is 10.5 Å². The fourth-order valence-corrected chi connectivity index (χ4v) is 2.57. The van der Waals surface area contributed by atoms with Crippen molar-refractivity contribution in [2.45, 2.75) is 25.6 Å². The van der Waals surface area contributed by atoms with Gasteiger partial charge in [0.05, 0.1) is 41.7 Å². The van der Waals surface area contributed by atoms with E-state index in [2.05, 4.69) is 4.98 Å². The third kappa shape index (κ3) is 3.87. The average molecular weight is 297 g/mol. The van der Waals surface area contributed by atoms with Gasteiger partial charge in [0.15, 0.2) is 5.78 Å². The Kier molecular flexibility index (Phi) is 4.40. The minimum atomic E-state index is -0.549. The summed E-state index contributed by atoms with van der Waals surface area (Å²) >= 11 is 0. The molecule has 0 aliphatic carbocycles. The van der Waals surface area contributed by atoms with E-state index in [9.17, 15) is 20.0 Å². The fraction of sp³-hybridized carbons (Fsp3) is 0.615. The van der Waals surface area contributed by atoms with E-state index in [1.54, 1.807) is 0 Å². The lowest BCUT2D eigenvalue weighted by atomic mass is 10.0. The molecule has 0 saturated carbocycles. The van der Waals surface area contributed by atoms with Crippen molar-refractivity contribution in [3.63, 3.8) is 0 Å². The number of aliphatic hydroxyl groups is 1. The number of aromatic nitrogens is 1. The molecule has 0 radical (unpaired) electrons. The topological polar surface area (TPSA) is 109 Å². The SMILES string of the molecule is CC1(C)CN(CC(=O)c2cc([N+](=O)[O-])c[nH]2)CC(CO)O1. The van der Waals surface area contributed by atoms with Gasteiger partial charge >= 0.3 is 0 Å². The summed E-state index contributed by atoms with van der Waals surface area (Å²) < 4.78 is 5.68. The first-order chi connectivity index (χ1) is 9.80. The molecule has 0 amide bonds.